The molecule has 2 aliphatic rings. The van der Waals surface area contributed by atoms with E-state index in [9.17, 15) is 18.4 Å². The number of ketones is 1. The van der Waals surface area contributed by atoms with Crippen LogP contribution in [0.5, 0.6) is 0 Å². The van der Waals surface area contributed by atoms with E-state index in [1.54, 1.807) is 18.2 Å². The van der Waals surface area contributed by atoms with Crippen LogP contribution in [0.25, 0.3) is 0 Å². The van der Waals surface area contributed by atoms with Crippen molar-refractivity contribution in [3.8, 4) is 0 Å². The van der Waals surface area contributed by atoms with Crippen LogP contribution in [0.15, 0.2) is 47.7 Å². The number of halogens is 4. The largest absolute Gasteiger partial charge is 0.294 e. The first-order valence-corrected chi connectivity index (χ1v) is 10.3. The van der Waals surface area contributed by atoms with E-state index in [0.717, 1.165) is 12.1 Å². The number of anilines is 1. The minimum atomic E-state index is -0.853. The Balaban J connectivity index is 1.93. The number of rotatable bonds is 2. The molecule has 0 spiro atoms. The summed E-state index contributed by atoms with van der Waals surface area (Å²) in [6.07, 6.45) is 0.656. The summed E-state index contributed by atoms with van der Waals surface area (Å²) >= 11 is 12.4. The number of carbonyl (C=O) groups is 2. The third kappa shape index (κ3) is 3.65. The van der Waals surface area contributed by atoms with Crippen LogP contribution < -0.4 is 4.90 Å². The quantitative estimate of drug-likeness (QED) is 0.529. The number of Topliss-reactive ketones (excluding diaryl/α,β-unsaturated/α-hetero) is 1. The Morgan fingerprint density at radius 1 is 1.03 bits per heavy atom. The van der Waals surface area contributed by atoms with Gasteiger partial charge in [-0.05, 0) is 41.7 Å². The van der Waals surface area contributed by atoms with Crippen molar-refractivity contribution in [1.29, 1.82) is 0 Å². The first-order valence-electron chi connectivity index (χ1n) is 9.56. The molecule has 1 heterocycles. The van der Waals surface area contributed by atoms with Gasteiger partial charge < -0.3 is 0 Å². The van der Waals surface area contributed by atoms with Crippen LogP contribution in [0.2, 0.25) is 10.0 Å². The lowest BCUT2D eigenvalue weighted by atomic mass is 9.69. The lowest BCUT2D eigenvalue weighted by Crippen LogP contribution is -2.44. The molecule has 3 nitrogen and oxygen atoms in total. The van der Waals surface area contributed by atoms with E-state index >= 15 is 0 Å². The zero-order chi connectivity index (χ0) is 21.8. The molecule has 156 valence electrons. The Bertz CT molecular complexity index is 1110. The maximum absolute atomic E-state index is 14.6. The van der Waals surface area contributed by atoms with E-state index < -0.39 is 23.0 Å². The smallest absolute Gasteiger partial charge is 0.232 e. The molecule has 1 unspecified atom stereocenters. The van der Waals surface area contributed by atoms with Gasteiger partial charge in [0.2, 0.25) is 5.91 Å². The van der Waals surface area contributed by atoms with E-state index in [0.29, 0.717) is 39.7 Å². The molecule has 1 amide bonds. The second kappa shape index (κ2) is 7.47. The minimum Gasteiger partial charge on any atom is -0.294 e. The normalized spacial score (nSPS) is 21.1. The molecule has 0 aromatic heterocycles. The fraction of sp³-hybridized carbons (Fsp3) is 0.304. The summed E-state index contributed by atoms with van der Waals surface area (Å²) in [6, 6.07) is 8.02. The summed E-state index contributed by atoms with van der Waals surface area (Å²) in [5.74, 6) is -2.60. The minimum absolute atomic E-state index is 0.0524. The monoisotopic (exact) mass is 449 g/mol. The molecule has 0 saturated carbocycles. The van der Waals surface area contributed by atoms with Crippen molar-refractivity contribution in [1.82, 2.24) is 0 Å². The summed E-state index contributed by atoms with van der Waals surface area (Å²) in [7, 11) is 0. The van der Waals surface area contributed by atoms with E-state index in [2.05, 4.69) is 0 Å². The predicted octanol–water partition coefficient (Wildman–Crippen LogP) is 6.44. The maximum atomic E-state index is 14.6. The molecule has 1 aliphatic heterocycles. The maximum Gasteiger partial charge on any atom is 0.232 e. The molecule has 2 aromatic rings. The fourth-order valence-corrected chi connectivity index (χ4v) is 4.95. The van der Waals surface area contributed by atoms with Gasteiger partial charge in [0.15, 0.2) is 5.78 Å². The summed E-state index contributed by atoms with van der Waals surface area (Å²) in [4.78, 5) is 27.7. The van der Waals surface area contributed by atoms with E-state index in [-0.39, 0.29) is 23.8 Å². The lowest BCUT2D eigenvalue weighted by molar-refractivity contribution is -0.121. The van der Waals surface area contributed by atoms with Gasteiger partial charge in [-0.15, -0.1) is 0 Å². The van der Waals surface area contributed by atoms with Crippen LogP contribution in [0, 0.1) is 17.0 Å². The van der Waals surface area contributed by atoms with Crippen LogP contribution in [-0.4, -0.2) is 11.7 Å². The molecule has 1 aliphatic carbocycles. The van der Waals surface area contributed by atoms with Crippen molar-refractivity contribution in [3.63, 3.8) is 0 Å². The van der Waals surface area contributed by atoms with Gasteiger partial charge in [0, 0.05) is 46.1 Å². The highest BCUT2D eigenvalue weighted by molar-refractivity contribution is 6.35. The number of carbonyl (C=O) groups excluding carboxylic acids is 2. The highest BCUT2D eigenvalue weighted by atomic mass is 35.5. The van der Waals surface area contributed by atoms with Gasteiger partial charge in [0.05, 0.1) is 5.69 Å². The molecule has 0 saturated heterocycles. The topological polar surface area (TPSA) is 37.4 Å². The Morgan fingerprint density at radius 2 is 1.77 bits per heavy atom. The Hall–Kier alpha value is -2.24. The number of hydrogen-bond donors (Lipinski definition) is 0. The van der Waals surface area contributed by atoms with Gasteiger partial charge in [0.1, 0.15) is 11.6 Å². The van der Waals surface area contributed by atoms with Crippen molar-refractivity contribution in [2.24, 2.45) is 5.41 Å². The van der Waals surface area contributed by atoms with Gasteiger partial charge >= 0.3 is 0 Å². The molecule has 0 fully saturated rings. The summed E-state index contributed by atoms with van der Waals surface area (Å²) in [5, 5.41) is 0.817. The van der Waals surface area contributed by atoms with E-state index in [4.69, 9.17) is 23.2 Å². The molecule has 7 heteroatoms. The first-order chi connectivity index (χ1) is 14.1. The van der Waals surface area contributed by atoms with Crippen molar-refractivity contribution in [2.75, 3.05) is 4.90 Å². The van der Waals surface area contributed by atoms with Crippen molar-refractivity contribution >= 4 is 40.6 Å². The third-order valence-corrected chi connectivity index (χ3v) is 6.19. The number of benzene rings is 2. The molecule has 0 radical (unpaired) electrons. The van der Waals surface area contributed by atoms with Crippen LogP contribution in [0.3, 0.4) is 0 Å². The van der Waals surface area contributed by atoms with Crippen LogP contribution >= 0.6 is 23.2 Å². The zero-order valence-electron chi connectivity index (χ0n) is 16.4. The first kappa shape index (κ1) is 21.0. The van der Waals surface area contributed by atoms with Gasteiger partial charge in [-0.2, -0.15) is 0 Å². The Labute approximate surface area is 183 Å². The lowest BCUT2D eigenvalue weighted by Gasteiger charge is -2.43. The van der Waals surface area contributed by atoms with E-state index in [1.807, 2.05) is 13.8 Å². The second-order valence-corrected chi connectivity index (χ2v) is 9.39. The van der Waals surface area contributed by atoms with Crippen molar-refractivity contribution < 1.29 is 18.4 Å². The van der Waals surface area contributed by atoms with Crippen molar-refractivity contribution in [2.45, 2.75) is 39.0 Å². The molecule has 2 aromatic carbocycles. The third-order valence-electron chi connectivity index (χ3n) is 5.63. The number of amides is 1. The highest BCUT2D eigenvalue weighted by Crippen LogP contribution is 2.49. The second-order valence-electron chi connectivity index (χ2n) is 8.55. The Morgan fingerprint density at radius 3 is 2.43 bits per heavy atom. The summed E-state index contributed by atoms with van der Waals surface area (Å²) in [5.41, 5.74) is 1.08. The summed E-state index contributed by atoms with van der Waals surface area (Å²) < 4.78 is 28.1. The highest BCUT2D eigenvalue weighted by Gasteiger charge is 2.45. The standard InChI is InChI=1S/C23H19Cl2F2NO2/c1-23(2)10-19-22(20(29)11-23)15(14-5-3-12(24)7-16(14)25)9-21(30)28(19)18-6-4-13(26)8-17(18)27/h3-8,15H,9-11H2,1-2H3. The zero-order valence-corrected chi connectivity index (χ0v) is 18.0. The van der Waals surface area contributed by atoms with Gasteiger partial charge in [0.25, 0.3) is 0 Å². The molecular formula is C23H19Cl2F2NO2. The van der Waals surface area contributed by atoms with Crippen LogP contribution in [0.4, 0.5) is 14.5 Å². The number of nitrogens with zero attached hydrogens (tertiary/aromatic N) is 1. The van der Waals surface area contributed by atoms with Gasteiger partial charge in [-0.1, -0.05) is 43.1 Å². The predicted molar refractivity (Wildman–Crippen MR) is 113 cm³/mol. The van der Waals surface area contributed by atoms with Gasteiger partial charge in [-0.3, -0.25) is 14.5 Å². The van der Waals surface area contributed by atoms with Crippen LogP contribution in [0.1, 0.15) is 44.6 Å². The average molecular weight is 450 g/mol. The van der Waals surface area contributed by atoms with E-state index in [1.165, 1.54) is 11.0 Å². The van der Waals surface area contributed by atoms with Crippen molar-refractivity contribution in [3.05, 3.63) is 74.9 Å². The number of hydrogen-bond acceptors (Lipinski definition) is 2. The van der Waals surface area contributed by atoms with Crippen LogP contribution in [-0.2, 0) is 9.59 Å². The number of allylic oxidation sites excluding steroid dienone is 2. The SMILES string of the molecule is CC1(C)CC(=O)C2=C(C1)N(c1ccc(F)cc1F)C(=O)CC2c1ccc(Cl)cc1Cl. The molecular weight excluding hydrogens is 431 g/mol. The molecule has 4 rings (SSSR count). The molecule has 0 bridgehead atoms. The Kier molecular flexibility index (Phi) is 5.23. The van der Waals surface area contributed by atoms with Gasteiger partial charge in [-0.25, -0.2) is 8.78 Å². The summed E-state index contributed by atoms with van der Waals surface area (Å²) in [6.45, 7) is 3.86. The molecule has 0 N–H and O–H groups in total. The fourth-order valence-electron chi connectivity index (χ4n) is 4.41. The molecule has 1 atom stereocenters. The molecule has 30 heavy (non-hydrogen) atoms. The average Bonchev–Trinajstić information content (AvgIpc) is 2.61.